The van der Waals surface area contributed by atoms with Crippen LogP contribution in [0.1, 0.15) is 1.37 Å². The van der Waals surface area contributed by atoms with E-state index in [1.165, 1.54) is 10.9 Å². The Morgan fingerprint density at radius 1 is 0.439 bits per heavy atom. The minimum Gasteiger partial charge on any atom is -0.456 e. The zero-order valence-corrected chi connectivity index (χ0v) is 22.0. The molecule has 0 N–H and O–H groups in total. The van der Waals surface area contributed by atoms with Gasteiger partial charge in [0.1, 0.15) is 11.5 Å². The summed E-state index contributed by atoms with van der Waals surface area (Å²) in [5, 5.41) is 2.32. The Balaban J connectivity index is 1.19. The fourth-order valence-corrected chi connectivity index (χ4v) is 5.44. The van der Waals surface area contributed by atoms with Gasteiger partial charge in [0.15, 0.2) is 17.5 Å². The summed E-state index contributed by atoms with van der Waals surface area (Å²) in [6, 6.07) is 44.9. The third kappa shape index (κ3) is 4.14. The van der Waals surface area contributed by atoms with Gasteiger partial charge in [-0.15, -0.1) is 0 Å². The van der Waals surface area contributed by atoms with Gasteiger partial charge in [-0.1, -0.05) is 121 Å². The van der Waals surface area contributed by atoms with Crippen molar-refractivity contribution >= 4 is 10.8 Å². The maximum Gasteiger partial charge on any atom is 0.164 e. The predicted octanol–water partition coefficient (Wildman–Crippen LogP) is 9.47. The van der Waals surface area contributed by atoms with Crippen LogP contribution in [0.4, 0.5) is 0 Å². The molecule has 4 heteroatoms. The fourth-order valence-electron chi connectivity index (χ4n) is 5.44. The van der Waals surface area contributed by atoms with E-state index >= 15 is 0 Å². The molecule has 1 aromatic heterocycles. The largest absolute Gasteiger partial charge is 0.456 e. The maximum atomic E-state index is 7.85. The molecule has 6 aromatic carbocycles. The van der Waals surface area contributed by atoms with E-state index in [9.17, 15) is 0 Å². The van der Waals surface area contributed by atoms with E-state index in [4.69, 9.17) is 21.1 Å². The summed E-state index contributed by atoms with van der Waals surface area (Å²) in [5.74, 6) is 3.55. The van der Waals surface area contributed by atoms with Crippen LogP contribution in [-0.2, 0) is 0 Å². The summed E-state index contributed by atoms with van der Waals surface area (Å²) < 4.78 is 14.1. The van der Waals surface area contributed by atoms with Gasteiger partial charge in [0.2, 0.25) is 0 Å². The van der Waals surface area contributed by atoms with Crippen LogP contribution in [-0.4, -0.2) is 15.0 Å². The molecular formula is C37H23N3O. The van der Waals surface area contributed by atoms with Gasteiger partial charge in [-0.05, 0) is 40.3 Å². The number of fused-ring (bicyclic) bond motifs is 2. The lowest BCUT2D eigenvalue weighted by Crippen LogP contribution is -2.00. The molecule has 4 nitrogen and oxygen atoms in total. The van der Waals surface area contributed by atoms with Crippen molar-refractivity contribution in [3.63, 3.8) is 0 Å². The molecule has 41 heavy (non-hydrogen) atoms. The average Bonchev–Trinajstić information content (AvgIpc) is 3.05. The van der Waals surface area contributed by atoms with Crippen LogP contribution in [0.5, 0.6) is 11.5 Å². The number of ether oxygens (including phenoxy) is 1. The molecule has 0 atom stereocenters. The number of aromatic nitrogens is 3. The number of hydrogen-bond acceptors (Lipinski definition) is 4. The number of rotatable bonds is 4. The van der Waals surface area contributed by atoms with Crippen molar-refractivity contribution in [2.45, 2.75) is 0 Å². The van der Waals surface area contributed by atoms with Crippen molar-refractivity contribution in [2.75, 3.05) is 0 Å². The minimum absolute atomic E-state index is 0.446. The lowest BCUT2D eigenvalue weighted by molar-refractivity contribution is 0.487. The van der Waals surface area contributed by atoms with Crippen molar-refractivity contribution in [1.82, 2.24) is 15.0 Å². The van der Waals surface area contributed by atoms with Gasteiger partial charge < -0.3 is 4.74 Å². The Hall–Kier alpha value is -5.61. The van der Waals surface area contributed by atoms with Gasteiger partial charge in [-0.2, -0.15) is 0 Å². The Kier molecular flexibility index (Phi) is 5.17. The molecule has 0 saturated carbocycles. The fraction of sp³-hybridized carbons (Fsp3) is 0. The summed E-state index contributed by atoms with van der Waals surface area (Å²) >= 11 is 0. The summed E-state index contributed by atoms with van der Waals surface area (Å²) in [5.41, 5.74) is 7.15. The van der Waals surface area contributed by atoms with Crippen molar-refractivity contribution < 1.29 is 6.11 Å². The number of hydrogen-bond donors (Lipinski definition) is 0. The van der Waals surface area contributed by atoms with Gasteiger partial charge in [-0.3, -0.25) is 0 Å². The summed E-state index contributed by atoms with van der Waals surface area (Å²) in [6.07, 6.45) is 0. The van der Waals surface area contributed by atoms with Gasteiger partial charge in [-0.25, -0.2) is 15.0 Å². The molecule has 7 aromatic rings. The van der Waals surface area contributed by atoms with Crippen LogP contribution in [0.3, 0.4) is 0 Å². The normalized spacial score (nSPS) is 12.0. The van der Waals surface area contributed by atoms with E-state index in [2.05, 4.69) is 66.7 Å². The highest BCUT2D eigenvalue weighted by Crippen LogP contribution is 2.47. The molecular weight excluding hydrogens is 502 g/mol. The van der Waals surface area contributed by atoms with Gasteiger partial charge in [0, 0.05) is 27.6 Å². The second kappa shape index (κ2) is 9.54. The van der Waals surface area contributed by atoms with Crippen molar-refractivity contribution in [3.05, 3.63) is 140 Å². The Labute approximate surface area is 239 Å². The Bertz CT molecular complexity index is 2100. The summed E-state index contributed by atoms with van der Waals surface area (Å²) in [7, 11) is 0. The molecule has 0 unspecified atom stereocenters. The SMILES string of the molecule is [2H]c1ccc(-c2nc(-c3ccccc3)nc(-c3ccc(-c4ccc5c(c4)-c4cccc6cccc(c46)O5)cc3)n2)cc1. The molecule has 1 aliphatic rings. The molecule has 2 heterocycles. The molecule has 0 fully saturated rings. The van der Waals surface area contributed by atoms with Crippen molar-refractivity contribution in [3.8, 4) is 67.9 Å². The quantitative estimate of drug-likeness (QED) is 0.229. The minimum atomic E-state index is 0.446. The van der Waals surface area contributed by atoms with Crippen LogP contribution in [0, 0.1) is 0 Å². The molecule has 0 spiro atoms. The van der Waals surface area contributed by atoms with Gasteiger partial charge >= 0.3 is 0 Å². The molecule has 1 aliphatic heterocycles. The average molecular weight is 527 g/mol. The van der Waals surface area contributed by atoms with Crippen LogP contribution in [0.2, 0.25) is 0 Å². The van der Waals surface area contributed by atoms with E-state index in [0.29, 0.717) is 23.5 Å². The first-order chi connectivity index (χ1) is 20.7. The molecule has 0 bridgehead atoms. The van der Waals surface area contributed by atoms with E-state index in [1.54, 1.807) is 12.1 Å². The smallest absolute Gasteiger partial charge is 0.164 e. The lowest BCUT2D eigenvalue weighted by Gasteiger charge is -2.22. The molecule has 0 saturated heterocycles. The second-order valence-electron chi connectivity index (χ2n) is 10.0. The topological polar surface area (TPSA) is 47.9 Å². The summed E-state index contributed by atoms with van der Waals surface area (Å²) in [4.78, 5) is 14.4. The number of nitrogens with zero attached hydrogens (tertiary/aromatic N) is 3. The summed E-state index contributed by atoms with van der Waals surface area (Å²) in [6.45, 7) is 0. The highest BCUT2D eigenvalue weighted by molar-refractivity contribution is 6.04. The lowest BCUT2D eigenvalue weighted by atomic mass is 9.92. The molecule has 0 radical (unpaired) electrons. The Morgan fingerprint density at radius 2 is 1.02 bits per heavy atom. The van der Waals surface area contributed by atoms with E-state index in [-0.39, 0.29) is 0 Å². The molecule has 0 amide bonds. The molecule has 8 rings (SSSR count). The van der Waals surface area contributed by atoms with Crippen LogP contribution in [0.25, 0.3) is 67.2 Å². The van der Waals surface area contributed by atoms with Gasteiger partial charge in [0.05, 0.1) is 1.37 Å². The zero-order chi connectivity index (χ0) is 28.0. The first kappa shape index (κ1) is 22.2. The monoisotopic (exact) mass is 526 g/mol. The maximum absolute atomic E-state index is 7.85. The zero-order valence-electron chi connectivity index (χ0n) is 23.0. The van der Waals surface area contributed by atoms with E-state index in [0.717, 1.165) is 50.3 Å². The molecule has 192 valence electrons. The highest BCUT2D eigenvalue weighted by atomic mass is 16.5. The first-order valence-corrected chi connectivity index (χ1v) is 13.5. The van der Waals surface area contributed by atoms with Gasteiger partial charge in [0.25, 0.3) is 0 Å². The first-order valence-electron chi connectivity index (χ1n) is 14.0. The Morgan fingerprint density at radius 3 is 1.73 bits per heavy atom. The van der Waals surface area contributed by atoms with Crippen LogP contribution >= 0.6 is 0 Å². The van der Waals surface area contributed by atoms with Crippen molar-refractivity contribution in [2.24, 2.45) is 0 Å². The second-order valence-corrected chi connectivity index (χ2v) is 10.0. The standard InChI is InChI=1S/C37H23N3O/c1-3-9-26(10-4-1)35-38-36(27-11-5-2-6-12-27)40-37(39-35)28-19-17-24(18-20-28)29-21-22-32-31(23-29)30-15-7-13-25-14-8-16-33(41-32)34(25)30/h1-23H/i1D. The third-order valence-electron chi connectivity index (χ3n) is 7.48. The van der Waals surface area contributed by atoms with E-state index in [1.807, 2.05) is 54.6 Å². The van der Waals surface area contributed by atoms with Crippen LogP contribution < -0.4 is 4.74 Å². The number of benzene rings is 6. The predicted molar refractivity (Wildman–Crippen MR) is 165 cm³/mol. The third-order valence-corrected chi connectivity index (χ3v) is 7.48. The van der Waals surface area contributed by atoms with Crippen LogP contribution in [0.15, 0.2) is 140 Å². The highest BCUT2D eigenvalue weighted by Gasteiger charge is 2.20. The van der Waals surface area contributed by atoms with E-state index < -0.39 is 0 Å². The van der Waals surface area contributed by atoms with Crippen molar-refractivity contribution in [1.29, 1.82) is 0 Å². The molecule has 0 aliphatic carbocycles.